The Labute approximate surface area is 150 Å². The van der Waals surface area contributed by atoms with Gasteiger partial charge in [0.1, 0.15) is 5.65 Å². The zero-order valence-electron chi connectivity index (χ0n) is 14.5. The van der Waals surface area contributed by atoms with Crippen LogP contribution < -0.4 is 5.32 Å². The first-order valence-electron chi connectivity index (χ1n) is 8.96. The lowest BCUT2D eigenvalue weighted by atomic mass is 9.89. The molecule has 5 rings (SSSR count). The Hall–Kier alpha value is -2.93. The van der Waals surface area contributed by atoms with E-state index >= 15 is 0 Å². The molecule has 4 heterocycles. The fourth-order valence-electron chi connectivity index (χ4n) is 3.53. The number of hydrogen-bond acceptors (Lipinski definition) is 5. The highest BCUT2D eigenvalue weighted by Crippen LogP contribution is 2.28. The number of aromatic nitrogens is 5. The number of nitrogens with zero attached hydrogens (tertiary/aromatic N) is 5. The van der Waals surface area contributed by atoms with Gasteiger partial charge < -0.3 is 14.5 Å². The molecule has 1 saturated carbocycles. The number of fused-ring (bicyclic) bond motifs is 2. The van der Waals surface area contributed by atoms with Gasteiger partial charge in [0.05, 0.1) is 17.8 Å². The van der Waals surface area contributed by atoms with Crippen molar-refractivity contribution in [2.75, 3.05) is 11.9 Å². The summed E-state index contributed by atoms with van der Waals surface area (Å²) in [4.78, 5) is 8.80. The molecule has 1 fully saturated rings. The van der Waals surface area contributed by atoms with Crippen molar-refractivity contribution in [2.24, 2.45) is 0 Å². The maximum atomic E-state index is 5.60. The molecule has 0 spiro atoms. The fraction of sp³-hybridized carbons (Fsp3) is 0.316. The Bertz CT molecular complexity index is 1060. The predicted octanol–water partition coefficient (Wildman–Crippen LogP) is 3.02. The van der Waals surface area contributed by atoms with Crippen molar-refractivity contribution in [1.29, 1.82) is 0 Å². The first-order valence-corrected chi connectivity index (χ1v) is 8.96. The molecule has 0 atom stereocenters. The van der Waals surface area contributed by atoms with E-state index in [-0.39, 0.29) is 0 Å². The highest BCUT2D eigenvalue weighted by Gasteiger charge is 2.30. The first kappa shape index (κ1) is 15.3. The van der Waals surface area contributed by atoms with Crippen LogP contribution in [0.25, 0.3) is 22.3 Å². The van der Waals surface area contributed by atoms with E-state index in [9.17, 15) is 0 Å². The van der Waals surface area contributed by atoms with Crippen molar-refractivity contribution in [3.05, 3.63) is 49.2 Å². The zero-order valence-corrected chi connectivity index (χ0v) is 14.5. The monoisotopic (exact) mass is 348 g/mol. The van der Waals surface area contributed by atoms with Crippen LogP contribution in [-0.2, 0) is 4.74 Å². The molecule has 0 aromatic carbocycles. The Morgan fingerprint density at radius 2 is 2.12 bits per heavy atom. The van der Waals surface area contributed by atoms with Gasteiger partial charge in [0.2, 0.25) is 5.95 Å². The maximum absolute atomic E-state index is 5.60. The van der Waals surface area contributed by atoms with Crippen LogP contribution in [0.5, 0.6) is 0 Å². The molecule has 0 radical (unpaired) electrons. The number of nitrogens with one attached hydrogen (secondary N) is 1. The van der Waals surface area contributed by atoms with Gasteiger partial charge in [-0.25, -0.2) is 14.5 Å². The third kappa shape index (κ3) is 2.61. The Morgan fingerprint density at radius 3 is 3.00 bits per heavy atom. The molecule has 7 heteroatoms. The van der Waals surface area contributed by atoms with E-state index in [1.54, 1.807) is 6.20 Å². The number of rotatable bonds is 5. The van der Waals surface area contributed by atoms with E-state index in [1.807, 2.05) is 40.5 Å². The minimum Gasteiger partial charge on any atom is -0.378 e. The van der Waals surface area contributed by atoms with Crippen molar-refractivity contribution >= 4 is 17.1 Å². The summed E-state index contributed by atoms with van der Waals surface area (Å²) in [6.45, 7) is 2.81. The van der Waals surface area contributed by atoms with Gasteiger partial charge in [0.15, 0.2) is 0 Å². The van der Waals surface area contributed by atoms with E-state index in [2.05, 4.69) is 38.7 Å². The molecule has 0 aliphatic heterocycles. The molecule has 26 heavy (non-hydrogen) atoms. The highest BCUT2D eigenvalue weighted by molar-refractivity contribution is 5.80. The average molecular weight is 348 g/mol. The molecule has 1 aliphatic carbocycles. The minimum absolute atomic E-state index is 0.373. The summed E-state index contributed by atoms with van der Waals surface area (Å²) in [6, 6.07) is 6.55. The number of imidazole rings is 1. The van der Waals surface area contributed by atoms with Gasteiger partial charge in [-0.1, -0.05) is 0 Å². The molecule has 4 aromatic rings. The second-order valence-electron chi connectivity index (χ2n) is 6.64. The topological polar surface area (TPSA) is 68.8 Å². The Morgan fingerprint density at radius 1 is 1.19 bits per heavy atom. The van der Waals surface area contributed by atoms with Crippen LogP contribution in [0.2, 0.25) is 0 Å². The van der Waals surface area contributed by atoms with Gasteiger partial charge in [-0.15, -0.1) is 5.10 Å². The number of ether oxygens (including phenoxy) is 1. The Balaban J connectivity index is 1.39. The van der Waals surface area contributed by atoms with Gasteiger partial charge in [-0.05, 0) is 38.0 Å². The van der Waals surface area contributed by atoms with Crippen LogP contribution >= 0.6 is 0 Å². The molecule has 0 amide bonds. The van der Waals surface area contributed by atoms with Crippen molar-refractivity contribution in [1.82, 2.24) is 24.0 Å². The van der Waals surface area contributed by atoms with Gasteiger partial charge in [0, 0.05) is 48.6 Å². The molecule has 1 aliphatic rings. The molecule has 4 aromatic heterocycles. The molecule has 0 unspecified atom stereocenters. The molecular weight excluding hydrogens is 328 g/mol. The normalized spacial score (nSPS) is 19.7. The van der Waals surface area contributed by atoms with E-state index < -0.39 is 0 Å². The van der Waals surface area contributed by atoms with Crippen LogP contribution in [0, 0.1) is 0 Å². The molecular formula is C19H20N6O. The van der Waals surface area contributed by atoms with Gasteiger partial charge >= 0.3 is 0 Å². The molecule has 7 nitrogen and oxygen atoms in total. The number of pyridine rings is 1. The SMILES string of the molecule is CCO[C@H]1C[C@@H](Nc2ncc3c(-c4ccc5nccn5c4)ccn3n2)C1. The van der Waals surface area contributed by atoms with Crippen molar-refractivity contribution in [3.8, 4) is 11.1 Å². The van der Waals surface area contributed by atoms with Crippen LogP contribution in [-0.4, -0.2) is 42.7 Å². The largest absolute Gasteiger partial charge is 0.378 e. The third-order valence-corrected chi connectivity index (χ3v) is 4.95. The lowest BCUT2D eigenvalue weighted by molar-refractivity contribution is 0.00283. The summed E-state index contributed by atoms with van der Waals surface area (Å²) in [7, 11) is 0. The summed E-state index contributed by atoms with van der Waals surface area (Å²) >= 11 is 0. The fourth-order valence-corrected chi connectivity index (χ4v) is 3.53. The second kappa shape index (κ2) is 6.10. The van der Waals surface area contributed by atoms with Crippen molar-refractivity contribution in [2.45, 2.75) is 31.9 Å². The lowest BCUT2D eigenvalue weighted by Gasteiger charge is -2.35. The van der Waals surface area contributed by atoms with E-state index in [4.69, 9.17) is 4.74 Å². The summed E-state index contributed by atoms with van der Waals surface area (Å²) in [5.74, 6) is 0.657. The van der Waals surface area contributed by atoms with E-state index in [1.165, 1.54) is 0 Å². The molecule has 1 N–H and O–H groups in total. The quantitative estimate of drug-likeness (QED) is 0.600. The number of anilines is 1. The highest BCUT2D eigenvalue weighted by atomic mass is 16.5. The predicted molar refractivity (Wildman–Crippen MR) is 99.2 cm³/mol. The summed E-state index contributed by atoms with van der Waals surface area (Å²) in [5.41, 5.74) is 4.13. The van der Waals surface area contributed by atoms with Crippen LogP contribution in [0.4, 0.5) is 5.95 Å². The van der Waals surface area contributed by atoms with Crippen LogP contribution in [0.15, 0.2) is 49.2 Å². The third-order valence-electron chi connectivity index (χ3n) is 4.95. The summed E-state index contributed by atoms with van der Waals surface area (Å²) in [5, 5.41) is 7.99. The van der Waals surface area contributed by atoms with Gasteiger partial charge in [-0.2, -0.15) is 0 Å². The van der Waals surface area contributed by atoms with Gasteiger partial charge in [-0.3, -0.25) is 0 Å². The Kier molecular flexibility index (Phi) is 3.60. The molecule has 132 valence electrons. The second-order valence-corrected chi connectivity index (χ2v) is 6.64. The number of hydrogen-bond donors (Lipinski definition) is 1. The molecule has 0 saturated heterocycles. The lowest BCUT2D eigenvalue weighted by Crippen LogP contribution is -2.41. The van der Waals surface area contributed by atoms with E-state index in [0.717, 1.165) is 41.7 Å². The molecule has 0 bridgehead atoms. The minimum atomic E-state index is 0.373. The summed E-state index contributed by atoms with van der Waals surface area (Å²) in [6.07, 6.45) is 12.1. The van der Waals surface area contributed by atoms with Crippen LogP contribution in [0.3, 0.4) is 0 Å². The van der Waals surface area contributed by atoms with Gasteiger partial charge in [0.25, 0.3) is 0 Å². The summed E-state index contributed by atoms with van der Waals surface area (Å²) < 4.78 is 9.49. The standard InChI is InChI=1S/C19H20N6O/c1-2-26-15-9-14(10-15)22-19-21-11-17-16(5-7-25(17)23-19)13-3-4-18-20-6-8-24(18)12-13/h3-8,11-12,14-15H,2,9-10H2,1H3,(H,22,23)/t14-,15+. The average Bonchev–Trinajstić information content (AvgIpc) is 3.25. The first-order chi connectivity index (χ1) is 12.8. The zero-order chi connectivity index (χ0) is 17.5. The maximum Gasteiger partial charge on any atom is 0.241 e. The smallest absolute Gasteiger partial charge is 0.241 e. The van der Waals surface area contributed by atoms with Crippen molar-refractivity contribution in [3.63, 3.8) is 0 Å². The van der Waals surface area contributed by atoms with E-state index in [0.29, 0.717) is 18.1 Å². The van der Waals surface area contributed by atoms with Crippen LogP contribution in [0.1, 0.15) is 19.8 Å². The van der Waals surface area contributed by atoms with Crippen molar-refractivity contribution < 1.29 is 4.74 Å².